The number of ether oxygens (including phenoxy) is 2. The molecule has 0 aliphatic carbocycles. The van der Waals surface area contributed by atoms with Crippen LogP contribution < -0.4 is 9.47 Å². The fraction of sp³-hybridized carbons (Fsp3) is 0.308. The van der Waals surface area contributed by atoms with Gasteiger partial charge in [0, 0.05) is 11.6 Å². The van der Waals surface area contributed by atoms with Crippen LogP contribution in [0.5, 0.6) is 11.5 Å². The molecular formula is C13H16O3. The third kappa shape index (κ3) is 2.86. The number of methoxy groups -OCH3 is 2. The van der Waals surface area contributed by atoms with Crippen LogP contribution in [-0.4, -0.2) is 20.0 Å². The van der Waals surface area contributed by atoms with Gasteiger partial charge in [0.25, 0.3) is 0 Å². The summed E-state index contributed by atoms with van der Waals surface area (Å²) in [5.41, 5.74) is 1.57. The first-order chi connectivity index (χ1) is 7.58. The van der Waals surface area contributed by atoms with Crippen molar-refractivity contribution in [1.82, 2.24) is 0 Å². The molecule has 0 amide bonds. The average molecular weight is 220 g/mol. The number of hydrogen-bond acceptors (Lipinski definition) is 3. The van der Waals surface area contributed by atoms with Gasteiger partial charge < -0.3 is 9.47 Å². The van der Waals surface area contributed by atoms with Crippen LogP contribution in [0.15, 0.2) is 23.8 Å². The van der Waals surface area contributed by atoms with Gasteiger partial charge in [0.2, 0.25) is 0 Å². The molecule has 0 radical (unpaired) electrons. The molecule has 0 saturated heterocycles. The predicted molar refractivity (Wildman–Crippen MR) is 63.9 cm³/mol. The molecule has 86 valence electrons. The summed E-state index contributed by atoms with van der Waals surface area (Å²) in [6.45, 7) is 3.33. The van der Waals surface area contributed by atoms with Crippen LogP contribution in [0.2, 0.25) is 0 Å². The van der Waals surface area contributed by atoms with Crippen LogP contribution in [-0.2, 0) is 4.79 Å². The number of Topliss-reactive ketones (excluding diaryl/α,β-unsaturated/α-hetero) is 1. The van der Waals surface area contributed by atoms with Gasteiger partial charge in [-0.2, -0.15) is 0 Å². The van der Waals surface area contributed by atoms with Crippen molar-refractivity contribution in [1.29, 1.82) is 0 Å². The summed E-state index contributed by atoms with van der Waals surface area (Å²) in [5, 5.41) is 0. The first-order valence-corrected chi connectivity index (χ1v) is 4.99. The van der Waals surface area contributed by atoms with E-state index in [-0.39, 0.29) is 5.78 Å². The van der Waals surface area contributed by atoms with E-state index in [9.17, 15) is 4.79 Å². The Kier molecular flexibility index (Phi) is 4.11. The van der Waals surface area contributed by atoms with E-state index in [1.807, 2.05) is 12.1 Å². The van der Waals surface area contributed by atoms with Gasteiger partial charge in [0.05, 0.1) is 14.2 Å². The minimum atomic E-state index is 0.0536. The fourth-order valence-corrected chi connectivity index (χ4v) is 1.27. The van der Waals surface area contributed by atoms with E-state index in [0.29, 0.717) is 11.3 Å². The van der Waals surface area contributed by atoms with Gasteiger partial charge in [-0.15, -0.1) is 0 Å². The second-order valence-corrected chi connectivity index (χ2v) is 3.49. The Bertz CT molecular complexity index is 419. The van der Waals surface area contributed by atoms with E-state index in [1.165, 1.54) is 0 Å². The Morgan fingerprint density at radius 1 is 1.19 bits per heavy atom. The predicted octanol–water partition coefficient (Wildman–Crippen LogP) is 2.70. The molecule has 0 bridgehead atoms. The van der Waals surface area contributed by atoms with Crippen molar-refractivity contribution < 1.29 is 14.3 Å². The van der Waals surface area contributed by atoms with Crippen molar-refractivity contribution in [2.75, 3.05) is 14.2 Å². The van der Waals surface area contributed by atoms with Gasteiger partial charge in [-0.1, -0.05) is 0 Å². The molecule has 0 unspecified atom stereocenters. The van der Waals surface area contributed by atoms with E-state index in [4.69, 9.17) is 9.47 Å². The van der Waals surface area contributed by atoms with Gasteiger partial charge in [0.1, 0.15) is 11.5 Å². The molecule has 0 spiro atoms. The van der Waals surface area contributed by atoms with Crippen molar-refractivity contribution in [3.05, 3.63) is 29.3 Å². The average Bonchev–Trinajstić information content (AvgIpc) is 2.29. The lowest BCUT2D eigenvalue weighted by Gasteiger charge is -2.07. The maximum atomic E-state index is 11.1. The maximum absolute atomic E-state index is 11.1. The molecular weight excluding hydrogens is 204 g/mol. The Morgan fingerprint density at radius 2 is 1.88 bits per heavy atom. The van der Waals surface area contributed by atoms with Gasteiger partial charge in [0.15, 0.2) is 5.78 Å². The molecule has 0 saturated carbocycles. The van der Waals surface area contributed by atoms with Crippen LogP contribution in [0.1, 0.15) is 19.4 Å². The van der Waals surface area contributed by atoms with Crippen molar-refractivity contribution in [3.8, 4) is 11.5 Å². The van der Waals surface area contributed by atoms with Crippen molar-refractivity contribution in [2.24, 2.45) is 0 Å². The third-order valence-electron chi connectivity index (χ3n) is 2.37. The number of carbonyl (C=O) groups is 1. The van der Waals surface area contributed by atoms with Crippen LogP contribution in [0, 0.1) is 0 Å². The molecule has 0 fully saturated rings. The van der Waals surface area contributed by atoms with Crippen molar-refractivity contribution in [3.63, 3.8) is 0 Å². The molecule has 1 rings (SSSR count). The second-order valence-electron chi connectivity index (χ2n) is 3.49. The lowest BCUT2D eigenvalue weighted by Crippen LogP contribution is -1.93. The summed E-state index contributed by atoms with van der Waals surface area (Å²) in [4.78, 5) is 11.1. The molecule has 1 aromatic carbocycles. The van der Waals surface area contributed by atoms with Crippen LogP contribution in [0.25, 0.3) is 6.08 Å². The van der Waals surface area contributed by atoms with E-state index < -0.39 is 0 Å². The molecule has 0 atom stereocenters. The molecule has 3 heteroatoms. The molecule has 1 aromatic rings. The largest absolute Gasteiger partial charge is 0.497 e. The fourth-order valence-electron chi connectivity index (χ4n) is 1.27. The van der Waals surface area contributed by atoms with Gasteiger partial charge in [-0.3, -0.25) is 4.79 Å². The number of benzene rings is 1. The first-order valence-electron chi connectivity index (χ1n) is 4.99. The number of hydrogen-bond donors (Lipinski definition) is 0. The van der Waals surface area contributed by atoms with Crippen LogP contribution >= 0.6 is 0 Å². The minimum Gasteiger partial charge on any atom is -0.497 e. The highest BCUT2D eigenvalue weighted by Crippen LogP contribution is 2.26. The standard InChI is InChI=1S/C13H16O3/c1-9(10(2)14)7-11-5-6-12(15-3)8-13(11)16-4/h5-8H,1-4H3/b9-7-. The highest BCUT2D eigenvalue weighted by Gasteiger charge is 2.04. The Morgan fingerprint density at radius 3 is 2.38 bits per heavy atom. The number of carbonyl (C=O) groups excluding carboxylic acids is 1. The highest BCUT2D eigenvalue weighted by atomic mass is 16.5. The van der Waals surface area contributed by atoms with E-state index in [1.54, 1.807) is 40.2 Å². The zero-order valence-corrected chi connectivity index (χ0v) is 10.0. The van der Waals surface area contributed by atoms with Crippen LogP contribution in [0.3, 0.4) is 0 Å². The number of rotatable bonds is 4. The Labute approximate surface area is 95.7 Å². The molecule has 3 nitrogen and oxygen atoms in total. The number of allylic oxidation sites excluding steroid dienone is 1. The molecule has 0 heterocycles. The molecule has 0 aliphatic rings. The van der Waals surface area contributed by atoms with E-state index in [2.05, 4.69) is 0 Å². The zero-order chi connectivity index (χ0) is 12.1. The summed E-state index contributed by atoms with van der Waals surface area (Å²) >= 11 is 0. The minimum absolute atomic E-state index is 0.0536. The summed E-state index contributed by atoms with van der Waals surface area (Å²) < 4.78 is 10.3. The maximum Gasteiger partial charge on any atom is 0.155 e. The second kappa shape index (κ2) is 5.35. The summed E-state index contributed by atoms with van der Waals surface area (Å²) in [6.07, 6.45) is 1.81. The van der Waals surface area contributed by atoms with Gasteiger partial charge in [-0.05, 0) is 37.6 Å². The lowest BCUT2D eigenvalue weighted by atomic mass is 10.1. The third-order valence-corrected chi connectivity index (χ3v) is 2.37. The molecule has 0 N–H and O–H groups in total. The first kappa shape index (κ1) is 12.3. The zero-order valence-electron chi connectivity index (χ0n) is 10.0. The monoisotopic (exact) mass is 220 g/mol. The smallest absolute Gasteiger partial charge is 0.155 e. The molecule has 0 aromatic heterocycles. The lowest BCUT2D eigenvalue weighted by molar-refractivity contribution is -0.113. The SMILES string of the molecule is COc1ccc(/C=C(/C)C(C)=O)c(OC)c1. The quantitative estimate of drug-likeness (QED) is 0.732. The van der Waals surface area contributed by atoms with E-state index in [0.717, 1.165) is 11.3 Å². The summed E-state index contributed by atoms with van der Waals surface area (Å²) in [6, 6.07) is 5.49. The normalized spacial score (nSPS) is 11.1. The van der Waals surface area contributed by atoms with Crippen molar-refractivity contribution >= 4 is 11.9 Å². The molecule has 0 aliphatic heterocycles. The number of ketones is 1. The summed E-state index contributed by atoms with van der Waals surface area (Å²) in [7, 11) is 3.19. The Hall–Kier alpha value is -1.77. The topological polar surface area (TPSA) is 35.5 Å². The van der Waals surface area contributed by atoms with Crippen molar-refractivity contribution in [2.45, 2.75) is 13.8 Å². The van der Waals surface area contributed by atoms with Gasteiger partial charge >= 0.3 is 0 Å². The molecule has 16 heavy (non-hydrogen) atoms. The highest BCUT2D eigenvalue weighted by molar-refractivity contribution is 5.97. The summed E-state index contributed by atoms with van der Waals surface area (Å²) in [5.74, 6) is 1.48. The Balaban J connectivity index is 3.14. The van der Waals surface area contributed by atoms with Gasteiger partial charge in [-0.25, -0.2) is 0 Å². The van der Waals surface area contributed by atoms with E-state index >= 15 is 0 Å². The van der Waals surface area contributed by atoms with Crippen LogP contribution in [0.4, 0.5) is 0 Å².